The Morgan fingerprint density at radius 1 is 1.18 bits per heavy atom. The molecule has 0 aliphatic rings. The predicted molar refractivity (Wildman–Crippen MR) is 103 cm³/mol. The first kappa shape index (κ1) is 17.6. The van der Waals surface area contributed by atoms with Crippen molar-refractivity contribution in [3.63, 3.8) is 0 Å². The number of aryl methyl sites for hydroxylation is 1. The van der Waals surface area contributed by atoms with Crippen molar-refractivity contribution >= 4 is 11.6 Å². The monoisotopic (exact) mass is 374 g/mol. The van der Waals surface area contributed by atoms with Crippen LogP contribution in [0.2, 0.25) is 0 Å². The molecule has 2 aromatic carbocycles. The molecular formula is C20H18N6O2. The highest BCUT2D eigenvalue weighted by atomic mass is 16.5. The number of nitrogens with one attached hydrogen (secondary N) is 1. The summed E-state index contributed by atoms with van der Waals surface area (Å²) in [7, 11) is 0. The first-order chi connectivity index (χ1) is 13.6. The van der Waals surface area contributed by atoms with Gasteiger partial charge in [0.25, 0.3) is 5.89 Å². The minimum atomic E-state index is -0.484. The van der Waals surface area contributed by atoms with E-state index in [0.29, 0.717) is 17.4 Å². The molecular weight excluding hydrogens is 356 g/mol. The molecule has 0 aliphatic heterocycles. The minimum Gasteiger partial charge on any atom is -0.334 e. The number of amides is 1. The van der Waals surface area contributed by atoms with Gasteiger partial charge in [-0.15, -0.1) is 0 Å². The van der Waals surface area contributed by atoms with E-state index in [-0.39, 0.29) is 5.91 Å². The average Bonchev–Trinajstić information content (AvgIpc) is 3.40. The molecule has 4 rings (SSSR count). The number of nitrogens with zero attached hydrogens (tertiary/aromatic N) is 5. The van der Waals surface area contributed by atoms with Crippen molar-refractivity contribution in [3.8, 4) is 22.8 Å². The van der Waals surface area contributed by atoms with E-state index in [9.17, 15) is 4.79 Å². The summed E-state index contributed by atoms with van der Waals surface area (Å²) >= 11 is 0. The summed E-state index contributed by atoms with van der Waals surface area (Å²) in [6.45, 7) is 3.75. The van der Waals surface area contributed by atoms with Crippen LogP contribution in [0.4, 0.5) is 5.69 Å². The molecule has 4 aromatic rings. The molecule has 8 nitrogen and oxygen atoms in total. The summed E-state index contributed by atoms with van der Waals surface area (Å²) in [6.07, 6.45) is 2.90. The maximum absolute atomic E-state index is 12.4. The van der Waals surface area contributed by atoms with Crippen molar-refractivity contribution in [3.05, 3.63) is 66.7 Å². The lowest BCUT2D eigenvalue weighted by molar-refractivity contribution is -0.119. The average molecular weight is 374 g/mol. The van der Waals surface area contributed by atoms with Crippen LogP contribution in [0.15, 0.2) is 65.7 Å². The van der Waals surface area contributed by atoms with Gasteiger partial charge in [-0.3, -0.25) is 4.79 Å². The van der Waals surface area contributed by atoms with Crippen molar-refractivity contribution in [2.45, 2.75) is 19.9 Å². The zero-order valence-electron chi connectivity index (χ0n) is 15.4. The highest BCUT2D eigenvalue weighted by molar-refractivity contribution is 5.93. The van der Waals surface area contributed by atoms with Gasteiger partial charge >= 0.3 is 0 Å². The Hall–Kier alpha value is -3.81. The molecule has 0 fully saturated rings. The molecule has 2 aromatic heterocycles. The van der Waals surface area contributed by atoms with Crippen LogP contribution in [0, 0.1) is 6.92 Å². The maximum atomic E-state index is 12.4. The van der Waals surface area contributed by atoms with Gasteiger partial charge in [0.1, 0.15) is 18.7 Å². The standard InChI is InChI=1S/C20H18N6O2/c1-13-6-3-4-9-17(13)18-24-20(28-25-18)15-7-5-8-16(10-15)23-19(27)14(2)26-12-21-11-22-26/h3-12,14H,1-2H3,(H,23,27)/t14-/m0/s1. The van der Waals surface area contributed by atoms with Crippen LogP contribution < -0.4 is 5.32 Å². The van der Waals surface area contributed by atoms with E-state index < -0.39 is 6.04 Å². The molecule has 0 unspecified atom stereocenters. The lowest BCUT2D eigenvalue weighted by Gasteiger charge is -2.12. The summed E-state index contributed by atoms with van der Waals surface area (Å²) in [4.78, 5) is 20.8. The molecule has 28 heavy (non-hydrogen) atoms. The van der Waals surface area contributed by atoms with E-state index in [2.05, 4.69) is 25.5 Å². The summed E-state index contributed by atoms with van der Waals surface area (Å²) in [5.74, 6) is 0.717. The second kappa shape index (κ2) is 7.43. The smallest absolute Gasteiger partial charge is 0.258 e. The first-order valence-electron chi connectivity index (χ1n) is 8.77. The topological polar surface area (TPSA) is 98.7 Å². The van der Waals surface area contributed by atoms with Crippen LogP contribution >= 0.6 is 0 Å². The van der Waals surface area contributed by atoms with Crippen molar-refractivity contribution in [2.24, 2.45) is 0 Å². The molecule has 1 amide bonds. The Morgan fingerprint density at radius 3 is 2.82 bits per heavy atom. The third kappa shape index (κ3) is 3.52. The van der Waals surface area contributed by atoms with E-state index in [1.54, 1.807) is 19.1 Å². The molecule has 0 saturated heterocycles. The summed E-state index contributed by atoms with van der Waals surface area (Å²) < 4.78 is 6.92. The first-order valence-corrected chi connectivity index (χ1v) is 8.77. The van der Waals surface area contributed by atoms with Gasteiger partial charge in [-0.2, -0.15) is 10.1 Å². The molecule has 8 heteroatoms. The van der Waals surface area contributed by atoms with Crippen molar-refractivity contribution in [2.75, 3.05) is 5.32 Å². The van der Waals surface area contributed by atoms with Crippen LogP contribution in [-0.2, 0) is 4.79 Å². The zero-order chi connectivity index (χ0) is 19.5. The Morgan fingerprint density at radius 2 is 2.04 bits per heavy atom. The van der Waals surface area contributed by atoms with Gasteiger partial charge in [0, 0.05) is 16.8 Å². The second-order valence-electron chi connectivity index (χ2n) is 6.36. The molecule has 2 heterocycles. The molecule has 0 aliphatic carbocycles. The fraction of sp³-hybridized carbons (Fsp3) is 0.150. The van der Waals surface area contributed by atoms with Crippen molar-refractivity contribution < 1.29 is 9.32 Å². The lowest BCUT2D eigenvalue weighted by atomic mass is 10.1. The number of aromatic nitrogens is 5. The van der Waals surface area contributed by atoms with Gasteiger partial charge in [-0.1, -0.05) is 35.5 Å². The highest BCUT2D eigenvalue weighted by Gasteiger charge is 2.17. The summed E-state index contributed by atoms with van der Waals surface area (Å²) in [6, 6.07) is 14.6. The van der Waals surface area contributed by atoms with Crippen LogP contribution in [0.5, 0.6) is 0 Å². The van der Waals surface area contributed by atoms with Gasteiger partial charge in [0.15, 0.2) is 0 Å². The molecule has 0 radical (unpaired) electrons. The number of carbonyl (C=O) groups excluding carboxylic acids is 1. The van der Waals surface area contributed by atoms with Crippen molar-refractivity contribution in [1.29, 1.82) is 0 Å². The third-order valence-corrected chi connectivity index (χ3v) is 4.40. The van der Waals surface area contributed by atoms with Crippen LogP contribution in [-0.4, -0.2) is 30.8 Å². The van der Waals surface area contributed by atoms with Crippen LogP contribution in [0.25, 0.3) is 22.8 Å². The van der Waals surface area contributed by atoms with Crippen LogP contribution in [0.1, 0.15) is 18.5 Å². The van der Waals surface area contributed by atoms with Gasteiger partial charge < -0.3 is 9.84 Å². The fourth-order valence-electron chi connectivity index (χ4n) is 2.79. The molecule has 0 bridgehead atoms. The number of hydrogen-bond acceptors (Lipinski definition) is 6. The van der Waals surface area contributed by atoms with E-state index in [0.717, 1.165) is 16.7 Å². The van der Waals surface area contributed by atoms with Crippen molar-refractivity contribution in [1.82, 2.24) is 24.9 Å². The molecule has 140 valence electrons. The normalized spacial score (nSPS) is 11.9. The van der Waals surface area contributed by atoms with Gasteiger partial charge in [-0.05, 0) is 37.6 Å². The lowest BCUT2D eigenvalue weighted by Crippen LogP contribution is -2.24. The summed E-state index contributed by atoms with van der Waals surface area (Å²) in [5, 5.41) is 10.9. The second-order valence-corrected chi connectivity index (χ2v) is 6.36. The number of benzene rings is 2. The number of carbonyl (C=O) groups is 1. The van der Waals surface area contributed by atoms with Crippen LogP contribution in [0.3, 0.4) is 0 Å². The summed E-state index contributed by atoms with van der Waals surface area (Å²) in [5.41, 5.74) is 3.34. The fourth-order valence-corrected chi connectivity index (χ4v) is 2.79. The Balaban J connectivity index is 1.55. The van der Waals surface area contributed by atoms with E-state index >= 15 is 0 Å². The number of hydrogen-bond donors (Lipinski definition) is 1. The number of anilines is 1. The third-order valence-electron chi connectivity index (χ3n) is 4.40. The van der Waals surface area contributed by atoms with Gasteiger partial charge in [0.2, 0.25) is 11.7 Å². The Kier molecular flexibility index (Phi) is 4.67. The highest BCUT2D eigenvalue weighted by Crippen LogP contribution is 2.26. The number of rotatable bonds is 5. The SMILES string of the molecule is Cc1ccccc1-c1noc(-c2cccc(NC(=O)[C@H](C)n3cncn3)c2)n1. The van der Waals surface area contributed by atoms with E-state index in [1.807, 2.05) is 43.3 Å². The van der Waals surface area contributed by atoms with E-state index in [1.165, 1.54) is 17.3 Å². The Labute approximate surface area is 161 Å². The predicted octanol–water partition coefficient (Wildman–Crippen LogP) is 3.50. The quantitative estimate of drug-likeness (QED) is 0.574. The molecule has 1 N–H and O–H groups in total. The molecule has 0 spiro atoms. The maximum Gasteiger partial charge on any atom is 0.258 e. The Bertz CT molecular complexity index is 1100. The molecule has 1 atom stereocenters. The molecule has 0 saturated carbocycles. The zero-order valence-corrected chi connectivity index (χ0v) is 15.4. The van der Waals surface area contributed by atoms with E-state index in [4.69, 9.17) is 4.52 Å². The minimum absolute atomic E-state index is 0.200. The van der Waals surface area contributed by atoms with Gasteiger partial charge in [0.05, 0.1) is 0 Å². The van der Waals surface area contributed by atoms with Gasteiger partial charge in [-0.25, -0.2) is 9.67 Å². The largest absolute Gasteiger partial charge is 0.334 e.